The predicted molar refractivity (Wildman–Crippen MR) is 86.1 cm³/mol. The Hall–Kier alpha value is -2.00. The minimum Gasteiger partial charge on any atom is -0.479 e. The van der Waals surface area contributed by atoms with Gasteiger partial charge >= 0.3 is 0 Å². The molecule has 4 heteroatoms. The third-order valence-corrected chi connectivity index (χ3v) is 3.52. The molecule has 0 saturated heterocycles. The van der Waals surface area contributed by atoms with E-state index in [1.807, 2.05) is 49.4 Å². The standard InChI is InChI=1S/C17H18ClNO2/c1-12-9-10-15(18)16(11-12)21-13(2)17(20)19(3)14-7-5-4-6-8-14/h4-11,13H,1-3H3. The molecule has 0 fully saturated rings. The van der Waals surface area contributed by atoms with Crippen molar-refractivity contribution in [3.63, 3.8) is 0 Å². The van der Waals surface area contributed by atoms with Crippen molar-refractivity contribution < 1.29 is 9.53 Å². The van der Waals surface area contributed by atoms with E-state index in [9.17, 15) is 4.79 Å². The fourth-order valence-electron chi connectivity index (χ4n) is 1.99. The van der Waals surface area contributed by atoms with Gasteiger partial charge in [-0.1, -0.05) is 35.9 Å². The molecule has 110 valence electrons. The Kier molecular flexibility index (Phi) is 4.86. The molecule has 0 heterocycles. The number of aryl methyl sites for hydroxylation is 1. The third-order valence-electron chi connectivity index (χ3n) is 3.21. The highest BCUT2D eigenvalue weighted by atomic mass is 35.5. The lowest BCUT2D eigenvalue weighted by atomic mass is 10.2. The van der Waals surface area contributed by atoms with Crippen molar-refractivity contribution >= 4 is 23.2 Å². The van der Waals surface area contributed by atoms with E-state index in [1.54, 1.807) is 24.9 Å². The molecule has 0 N–H and O–H groups in total. The second-order valence-corrected chi connectivity index (χ2v) is 5.33. The van der Waals surface area contributed by atoms with E-state index < -0.39 is 6.10 Å². The molecule has 0 saturated carbocycles. The maximum atomic E-state index is 12.4. The lowest BCUT2D eigenvalue weighted by Crippen LogP contribution is -2.38. The smallest absolute Gasteiger partial charge is 0.267 e. The largest absolute Gasteiger partial charge is 0.479 e. The van der Waals surface area contributed by atoms with Gasteiger partial charge in [-0.25, -0.2) is 0 Å². The number of rotatable bonds is 4. The van der Waals surface area contributed by atoms with Crippen molar-refractivity contribution in [2.24, 2.45) is 0 Å². The zero-order valence-corrected chi connectivity index (χ0v) is 13.1. The number of amides is 1. The third kappa shape index (κ3) is 3.76. The summed E-state index contributed by atoms with van der Waals surface area (Å²) < 4.78 is 5.71. The molecule has 2 aromatic rings. The number of para-hydroxylation sites is 1. The number of anilines is 1. The van der Waals surface area contributed by atoms with Crippen LogP contribution in [0.3, 0.4) is 0 Å². The highest BCUT2D eigenvalue weighted by Gasteiger charge is 2.21. The Bertz CT molecular complexity index is 628. The quantitative estimate of drug-likeness (QED) is 0.852. The van der Waals surface area contributed by atoms with Crippen LogP contribution in [0.15, 0.2) is 48.5 Å². The van der Waals surface area contributed by atoms with Gasteiger partial charge < -0.3 is 9.64 Å². The van der Waals surface area contributed by atoms with E-state index >= 15 is 0 Å². The number of hydrogen-bond acceptors (Lipinski definition) is 2. The minimum atomic E-state index is -0.616. The second kappa shape index (κ2) is 6.64. The van der Waals surface area contributed by atoms with Gasteiger partial charge in [-0.2, -0.15) is 0 Å². The first-order valence-corrected chi connectivity index (χ1v) is 7.12. The molecular formula is C17H18ClNO2. The van der Waals surface area contributed by atoms with Crippen LogP contribution < -0.4 is 9.64 Å². The van der Waals surface area contributed by atoms with Crippen LogP contribution in [-0.2, 0) is 4.79 Å². The average Bonchev–Trinajstić information content (AvgIpc) is 2.50. The molecule has 0 spiro atoms. The summed E-state index contributed by atoms with van der Waals surface area (Å²) >= 11 is 6.09. The van der Waals surface area contributed by atoms with Crippen molar-refractivity contribution in [1.82, 2.24) is 0 Å². The normalized spacial score (nSPS) is 11.8. The summed E-state index contributed by atoms with van der Waals surface area (Å²) in [6, 6.07) is 14.9. The van der Waals surface area contributed by atoms with Crippen LogP contribution in [0.2, 0.25) is 5.02 Å². The predicted octanol–water partition coefficient (Wildman–Crippen LogP) is 4.08. The molecule has 0 radical (unpaired) electrons. The number of hydrogen-bond donors (Lipinski definition) is 0. The van der Waals surface area contributed by atoms with E-state index in [2.05, 4.69) is 0 Å². The molecule has 2 rings (SSSR count). The maximum absolute atomic E-state index is 12.4. The number of benzene rings is 2. The van der Waals surface area contributed by atoms with Crippen LogP contribution in [0, 0.1) is 6.92 Å². The van der Waals surface area contributed by atoms with E-state index in [0.717, 1.165) is 11.3 Å². The SMILES string of the molecule is Cc1ccc(Cl)c(OC(C)C(=O)N(C)c2ccccc2)c1. The molecule has 0 aliphatic heterocycles. The average molecular weight is 304 g/mol. The lowest BCUT2D eigenvalue weighted by Gasteiger charge is -2.22. The van der Waals surface area contributed by atoms with Crippen molar-refractivity contribution in [3.05, 3.63) is 59.1 Å². The summed E-state index contributed by atoms with van der Waals surface area (Å²) in [5, 5.41) is 0.502. The number of ether oxygens (including phenoxy) is 1. The minimum absolute atomic E-state index is 0.126. The van der Waals surface area contributed by atoms with Gasteiger partial charge in [-0.15, -0.1) is 0 Å². The molecular weight excluding hydrogens is 286 g/mol. The fraction of sp³-hybridized carbons (Fsp3) is 0.235. The first-order chi connectivity index (χ1) is 9.99. The van der Waals surface area contributed by atoms with Gasteiger partial charge in [0.25, 0.3) is 5.91 Å². The highest BCUT2D eigenvalue weighted by Crippen LogP contribution is 2.26. The number of halogens is 1. The molecule has 0 aliphatic rings. The number of likely N-dealkylation sites (N-methyl/N-ethyl adjacent to an activating group) is 1. The molecule has 3 nitrogen and oxygen atoms in total. The zero-order chi connectivity index (χ0) is 15.4. The van der Waals surface area contributed by atoms with Gasteiger partial charge in [-0.3, -0.25) is 4.79 Å². The Morgan fingerprint density at radius 1 is 1.19 bits per heavy atom. The molecule has 0 bridgehead atoms. The molecule has 0 aromatic heterocycles. The summed E-state index contributed by atoms with van der Waals surface area (Å²) in [5.41, 5.74) is 1.86. The Morgan fingerprint density at radius 3 is 2.52 bits per heavy atom. The molecule has 2 aromatic carbocycles. The van der Waals surface area contributed by atoms with Crippen LogP contribution in [0.4, 0.5) is 5.69 Å². The van der Waals surface area contributed by atoms with Crippen LogP contribution in [0.5, 0.6) is 5.75 Å². The topological polar surface area (TPSA) is 29.5 Å². The van der Waals surface area contributed by atoms with Crippen molar-refractivity contribution in [1.29, 1.82) is 0 Å². The summed E-state index contributed by atoms with van der Waals surface area (Å²) in [4.78, 5) is 14.0. The lowest BCUT2D eigenvalue weighted by molar-refractivity contribution is -0.124. The fourth-order valence-corrected chi connectivity index (χ4v) is 2.16. The molecule has 1 unspecified atom stereocenters. The van der Waals surface area contributed by atoms with Crippen LogP contribution in [-0.4, -0.2) is 19.1 Å². The Labute approximate surface area is 130 Å². The van der Waals surface area contributed by atoms with E-state index in [1.165, 1.54) is 0 Å². The summed E-state index contributed by atoms with van der Waals surface area (Å²) in [5.74, 6) is 0.401. The van der Waals surface area contributed by atoms with Crippen LogP contribution in [0.1, 0.15) is 12.5 Å². The van der Waals surface area contributed by atoms with E-state index in [0.29, 0.717) is 10.8 Å². The van der Waals surface area contributed by atoms with Gasteiger partial charge in [0, 0.05) is 12.7 Å². The van der Waals surface area contributed by atoms with Gasteiger partial charge in [0.1, 0.15) is 5.75 Å². The maximum Gasteiger partial charge on any atom is 0.267 e. The highest BCUT2D eigenvalue weighted by molar-refractivity contribution is 6.32. The van der Waals surface area contributed by atoms with Gasteiger partial charge in [-0.05, 0) is 43.7 Å². The van der Waals surface area contributed by atoms with Gasteiger partial charge in [0.15, 0.2) is 6.10 Å². The first-order valence-electron chi connectivity index (χ1n) is 6.74. The first kappa shape index (κ1) is 15.4. The molecule has 0 aliphatic carbocycles. The number of nitrogens with zero attached hydrogens (tertiary/aromatic N) is 1. The van der Waals surface area contributed by atoms with Crippen LogP contribution in [0.25, 0.3) is 0 Å². The Morgan fingerprint density at radius 2 is 1.86 bits per heavy atom. The van der Waals surface area contributed by atoms with Gasteiger partial charge in [0.05, 0.1) is 5.02 Å². The molecule has 1 atom stereocenters. The van der Waals surface area contributed by atoms with Crippen molar-refractivity contribution in [2.75, 3.05) is 11.9 Å². The van der Waals surface area contributed by atoms with E-state index in [4.69, 9.17) is 16.3 Å². The summed E-state index contributed by atoms with van der Waals surface area (Å²) in [6.45, 7) is 3.67. The molecule has 1 amide bonds. The second-order valence-electron chi connectivity index (χ2n) is 4.93. The summed E-state index contributed by atoms with van der Waals surface area (Å²) in [6.07, 6.45) is -0.616. The van der Waals surface area contributed by atoms with Gasteiger partial charge in [0.2, 0.25) is 0 Å². The van der Waals surface area contributed by atoms with Crippen molar-refractivity contribution in [3.8, 4) is 5.75 Å². The molecule has 21 heavy (non-hydrogen) atoms. The monoisotopic (exact) mass is 303 g/mol. The number of carbonyl (C=O) groups is 1. The van der Waals surface area contributed by atoms with Crippen LogP contribution >= 0.6 is 11.6 Å². The van der Waals surface area contributed by atoms with E-state index in [-0.39, 0.29) is 5.91 Å². The zero-order valence-electron chi connectivity index (χ0n) is 12.3. The Balaban J connectivity index is 2.11. The van der Waals surface area contributed by atoms with Crippen molar-refractivity contribution in [2.45, 2.75) is 20.0 Å². The summed E-state index contributed by atoms with van der Waals surface area (Å²) in [7, 11) is 1.73. The number of carbonyl (C=O) groups excluding carboxylic acids is 1.